The number of hydrogen-bond acceptors (Lipinski definition) is 6. The summed E-state index contributed by atoms with van der Waals surface area (Å²) in [5.41, 5.74) is -4.13. The second-order valence-corrected chi connectivity index (χ2v) is 6.84. The fourth-order valence-electron chi connectivity index (χ4n) is 3.47. The second-order valence-electron chi connectivity index (χ2n) is 6.84. The van der Waals surface area contributed by atoms with Crippen molar-refractivity contribution in [3.63, 3.8) is 0 Å². The number of nitrogens with zero attached hydrogens (tertiary/aromatic N) is 2. The summed E-state index contributed by atoms with van der Waals surface area (Å²) in [5.74, 6) is -3.23. The van der Waals surface area contributed by atoms with E-state index in [0.29, 0.717) is 0 Å². The van der Waals surface area contributed by atoms with Crippen molar-refractivity contribution >= 4 is 24.1 Å². The fraction of sp³-hybridized carbons (Fsp3) is 0.667. The van der Waals surface area contributed by atoms with E-state index >= 15 is 0 Å². The minimum atomic E-state index is -2.11. The molecule has 1 fully saturated rings. The van der Waals surface area contributed by atoms with Crippen LogP contribution in [0.15, 0.2) is 22.1 Å². The van der Waals surface area contributed by atoms with E-state index in [9.17, 15) is 29.4 Å². The van der Waals surface area contributed by atoms with Crippen molar-refractivity contribution in [2.75, 3.05) is 0 Å². The zero-order chi connectivity index (χ0) is 19.8. The predicted molar refractivity (Wildman–Crippen MR) is 92.1 cm³/mol. The minimum absolute atomic E-state index is 0.192. The molecule has 0 aromatic rings. The number of rotatable bonds is 4. The quantitative estimate of drug-likeness (QED) is 0.447. The fourth-order valence-corrected chi connectivity index (χ4v) is 3.47. The lowest BCUT2D eigenvalue weighted by molar-refractivity contribution is -0.150. The van der Waals surface area contributed by atoms with Gasteiger partial charge in [0.1, 0.15) is 0 Å². The Bertz CT molecular complexity index is 649. The first-order valence-corrected chi connectivity index (χ1v) is 8.59. The molecule has 0 radical (unpaired) electrons. The molecule has 0 aromatic heterocycles. The number of aliphatic carboxylic acids is 2. The standard InChI is InChI=1S/C11H10N2O6.C7H14/c1-7-10(8(16)17,12-5-14)3-2-4-11(7,9(18)19)13-6-15;1-7-5-3-2-4-6-7/h2-3,7H,4H2,1H3,(H,16,17)(H,18,19);7H,2-6H2,1H3. The molecule has 0 heterocycles. The van der Waals surface area contributed by atoms with Crippen molar-refractivity contribution in [3.8, 4) is 0 Å². The van der Waals surface area contributed by atoms with Gasteiger partial charge >= 0.3 is 11.9 Å². The zero-order valence-electron chi connectivity index (χ0n) is 15.0. The lowest BCUT2D eigenvalue weighted by atomic mass is 9.67. The normalized spacial score (nSPS) is 30.8. The summed E-state index contributed by atoms with van der Waals surface area (Å²) in [5, 5.41) is 18.4. The summed E-state index contributed by atoms with van der Waals surface area (Å²) in [6.45, 7) is 3.60. The Kier molecular flexibility index (Phi) is 7.62. The van der Waals surface area contributed by atoms with Crippen LogP contribution in [0.2, 0.25) is 0 Å². The molecule has 2 N–H and O–H groups in total. The number of isocyanates is 2. The third kappa shape index (κ3) is 4.34. The van der Waals surface area contributed by atoms with E-state index in [4.69, 9.17) is 0 Å². The average Bonchev–Trinajstić information content (AvgIpc) is 2.59. The summed E-state index contributed by atoms with van der Waals surface area (Å²) >= 11 is 0. The molecule has 2 rings (SSSR count). The van der Waals surface area contributed by atoms with Gasteiger partial charge in [0, 0.05) is 12.3 Å². The first-order valence-electron chi connectivity index (χ1n) is 8.59. The van der Waals surface area contributed by atoms with Crippen molar-refractivity contribution in [2.24, 2.45) is 21.8 Å². The van der Waals surface area contributed by atoms with E-state index in [-0.39, 0.29) is 6.42 Å². The SMILES string of the molecule is CC1C(N=C=O)(C(=O)O)C=CCC1(N=C=O)C(=O)O.CC1CCCCC1. The zero-order valence-corrected chi connectivity index (χ0v) is 15.0. The topological polar surface area (TPSA) is 133 Å². The van der Waals surface area contributed by atoms with Crippen LogP contribution >= 0.6 is 0 Å². The van der Waals surface area contributed by atoms with E-state index < -0.39 is 28.9 Å². The van der Waals surface area contributed by atoms with E-state index in [2.05, 4.69) is 16.9 Å². The van der Waals surface area contributed by atoms with E-state index in [1.807, 2.05) is 0 Å². The van der Waals surface area contributed by atoms with Gasteiger partial charge in [-0.15, -0.1) is 0 Å². The Morgan fingerprint density at radius 3 is 1.96 bits per heavy atom. The van der Waals surface area contributed by atoms with Gasteiger partial charge in [0.15, 0.2) is 11.1 Å². The van der Waals surface area contributed by atoms with E-state index in [0.717, 1.165) is 24.2 Å². The highest BCUT2D eigenvalue weighted by Crippen LogP contribution is 2.41. The van der Waals surface area contributed by atoms with Crippen LogP contribution in [-0.4, -0.2) is 45.4 Å². The highest BCUT2D eigenvalue weighted by atomic mass is 16.4. The lowest BCUT2D eigenvalue weighted by Gasteiger charge is -2.39. The summed E-state index contributed by atoms with van der Waals surface area (Å²) in [6, 6.07) is 0. The molecule has 0 amide bonds. The molecule has 1 saturated carbocycles. The lowest BCUT2D eigenvalue weighted by Crippen LogP contribution is -2.57. The molecule has 2 aliphatic carbocycles. The van der Waals surface area contributed by atoms with Crippen LogP contribution in [0.25, 0.3) is 0 Å². The molecule has 0 aliphatic heterocycles. The number of carbonyl (C=O) groups excluding carboxylic acids is 2. The molecule has 2 aliphatic rings. The molecule has 3 unspecified atom stereocenters. The van der Waals surface area contributed by atoms with Crippen LogP contribution in [0.1, 0.15) is 52.4 Å². The van der Waals surface area contributed by atoms with E-state index in [1.54, 1.807) is 0 Å². The number of aliphatic imine (C=N–C) groups is 2. The Morgan fingerprint density at radius 2 is 1.58 bits per heavy atom. The maximum Gasteiger partial charge on any atom is 0.336 e. The van der Waals surface area contributed by atoms with Crippen molar-refractivity contribution in [1.29, 1.82) is 0 Å². The molecular weight excluding hydrogens is 340 g/mol. The number of carboxylic acids is 2. The van der Waals surface area contributed by atoms with Gasteiger partial charge in [0.25, 0.3) is 0 Å². The van der Waals surface area contributed by atoms with Gasteiger partial charge in [0.2, 0.25) is 12.2 Å². The Morgan fingerprint density at radius 1 is 1.00 bits per heavy atom. The van der Waals surface area contributed by atoms with Gasteiger partial charge in [-0.3, -0.25) is 0 Å². The Hall–Kier alpha value is -2.56. The second kappa shape index (κ2) is 9.22. The summed E-state index contributed by atoms with van der Waals surface area (Å²) in [4.78, 5) is 50.0. The maximum atomic E-state index is 11.4. The third-order valence-corrected chi connectivity index (χ3v) is 5.26. The van der Waals surface area contributed by atoms with Crippen LogP contribution in [-0.2, 0) is 19.2 Å². The maximum absolute atomic E-state index is 11.4. The smallest absolute Gasteiger partial charge is 0.336 e. The number of hydrogen-bond donors (Lipinski definition) is 2. The van der Waals surface area contributed by atoms with Crippen molar-refractivity contribution in [3.05, 3.63) is 12.2 Å². The molecular formula is C18H24N2O6. The van der Waals surface area contributed by atoms with Crippen molar-refractivity contribution in [2.45, 2.75) is 63.5 Å². The van der Waals surface area contributed by atoms with Crippen molar-refractivity contribution < 1.29 is 29.4 Å². The van der Waals surface area contributed by atoms with Gasteiger partial charge < -0.3 is 10.2 Å². The first-order chi connectivity index (χ1) is 12.3. The van der Waals surface area contributed by atoms with Crippen LogP contribution in [0.4, 0.5) is 0 Å². The molecule has 0 spiro atoms. The summed E-state index contributed by atoms with van der Waals surface area (Å²) < 4.78 is 0. The molecule has 0 bridgehead atoms. The molecule has 0 saturated heterocycles. The molecule has 142 valence electrons. The van der Waals surface area contributed by atoms with Gasteiger partial charge in [-0.05, 0) is 12.0 Å². The molecule has 8 nitrogen and oxygen atoms in total. The molecule has 8 heteroatoms. The molecule has 0 aromatic carbocycles. The van der Waals surface area contributed by atoms with Gasteiger partial charge in [-0.1, -0.05) is 52.0 Å². The van der Waals surface area contributed by atoms with Crippen LogP contribution in [0.3, 0.4) is 0 Å². The van der Waals surface area contributed by atoms with Gasteiger partial charge in [0.05, 0.1) is 0 Å². The minimum Gasteiger partial charge on any atom is -0.479 e. The van der Waals surface area contributed by atoms with Crippen LogP contribution < -0.4 is 0 Å². The monoisotopic (exact) mass is 364 g/mol. The van der Waals surface area contributed by atoms with Gasteiger partial charge in [-0.2, -0.15) is 9.98 Å². The largest absolute Gasteiger partial charge is 0.479 e. The summed E-state index contributed by atoms with van der Waals surface area (Å²) in [6.07, 6.45) is 11.8. The van der Waals surface area contributed by atoms with Crippen molar-refractivity contribution in [1.82, 2.24) is 0 Å². The van der Waals surface area contributed by atoms with Gasteiger partial charge in [-0.25, -0.2) is 19.2 Å². The number of carboxylic acid groups (broad SMARTS) is 2. The average molecular weight is 364 g/mol. The first kappa shape index (κ1) is 21.5. The Labute approximate surface area is 151 Å². The summed E-state index contributed by atoms with van der Waals surface area (Å²) in [7, 11) is 0. The predicted octanol–water partition coefficient (Wildman–Crippen LogP) is 2.49. The number of carbonyl (C=O) groups is 2. The highest BCUT2D eigenvalue weighted by Gasteiger charge is 2.58. The molecule has 26 heavy (non-hydrogen) atoms. The molecule has 3 atom stereocenters. The van der Waals surface area contributed by atoms with Crippen LogP contribution in [0.5, 0.6) is 0 Å². The highest BCUT2D eigenvalue weighted by molar-refractivity contribution is 5.89. The Balaban J connectivity index is 0.000000401. The third-order valence-electron chi connectivity index (χ3n) is 5.26. The van der Waals surface area contributed by atoms with E-state index in [1.165, 1.54) is 45.1 Å². The van der Waals surface area contributed by atoms with Crippen LogP contribution in [0, 0.1) is 11.8 Å².